The Balaban J connectivity index is 1.63. The fourth-order valence-electron chi connectivity index (χ4n) is 4.20. The van der Waals surface area contributed by atoms with E-state index < -0.39 is 0 Å². The normalized spacial score (nSPS) is 17.9. The Bertz CT molecular complexity index is 576. The lowest BCUT2D eigenvalue weighted by Crippen LogP contribution is -2.33. The topological polar surface area (TPSA) is 27.8 Å². The van der Waals surface area contributed by atoms with Gasteiger partial charge in [-0.3, -0.25) is 0 Å². The van der Waals surface area contributed by atoms with Crippen LogP contribution in [0.4, 0.5) is 0 Å². The molecule has 0 radical (unpaired) electrons. The minimum absolute atomic E-state index is 0.553. The van der Waals surface area contributed by atoms with E-state index in [4.69, 9.17) is 0 Å². The summed E-state index contributed by atoms with van der Waals surface area (Å²) in [5.74, 6) is 0.803. The number of benzene rings is 1. The van der Waals surface area contributed by atoms with E-state index in [0.717, 1.165) is 12.5 Å². The van der Waals surface area contributed by atoms with Gasteiger partial charge in [0.2, 0.25) is 0 Å². The van der Waals surface area contributed by atoms with E-state index in [2.05, 4.69) is 48.4 Å². The van der Waals surface area contributed by atoms with Gasteiger partial charge >= 0.3 is 0 Å². The minimum atomic E-state index is 0.553. The van der Waals surface area contributed by atoms with Crippen molar-refractivity contribution >= 4 is 10.9 Å². The molecular weight excluding hydrogens is 256 g/mol. The van der Waals surface area contributed by atoms with E-state index in [1.165, 1.54) is 55.1 Å². The Morgan fingerprint density at radius 1 is 1.19 bits per heavy atom. The van der Waals surface area contributed by atoms with Crippen molar-refractivity contribution in [3.8, 4) is 0 Å². The molecule has 2 nitrogen and oxygen atoms in total. The molecule has 1 fully saturated rings. The van der Waals surface area contributed by atoms with Crippen molar-refractivity contribution in [2.24, 2.45) is 11.3 Å². The minimum Gasteiger partial charge on any atom is -0.361 e. The Kier molecular flexibility index (Phi) is 4.34. The van der Waals surface area contributed by atoms with Gasteiger partial charge in [-0.25, -0.2) is 0 Å². The lowest BCUT2D eigenvalue weighted by molar-refractivity contribution is 0.223. The van der Waals surface area contributed by atoms with Crippen LogP contribution in [0, 0.1) is 11.3 Å². The number of aromatic nitrogens is 1. The van der Waals surface area contributed by atoms with Gasteiger partial charge in [-0.15, -0.1) is 0 Å². The fourth-order valence-corrected chi connectivity index (χ4v) is 4.20. The largest absolute Gasteiger partial charge is 0.361 e. The summed E-state index contributed by atoms with van der Waals surface area (Å²) in [6.07, 6.45) is 9.05. The molecule has 114 valence electrons. The molecule has 0 atom stereocenters. The second-order valence-corrected chi connectivity index (χ2v) is 7.27. The molecule has 1 heterocycles. The van der Waals surface area contributed by atoms with Gasteiger partial charge in [0.1, 0.15) is 0 Å². The number of hydrogen-bond donors (Lipinski definition) is 2. The zero-order valence-corrected chi connectivity index (χ0v) is 13.4. The number of H-pyrrole nitrogens is 1. The van der Waals surface area contributed by atoms with Crippen molar-refractivity contribution < 1.29 is 0 Å². The van der Waals surface area contributed by atoms with Crippen molar-refractivity contribution in [1.29, 1.82) is 0 Å². The molecule has 3 rings (SSSR count). The highest BCUT2D eigenvalue weighted by Gasteiger charge is 2.33. The van der Waals surface area contributed by atoms with E-state index in [0.29, 0.717) is 5.41 Å². The molecule has 1 aromatic carbocycles. The third kappa shape index (κ3) is 3.32. The quantitative estimate of drug-likeness (QED) is 0.778. The zero-order chi connectivity index (χ0) is 14.7. The van der Waals surface area contributed by atoms with Crippen LogP contribution in [0.5, 0.6) is 0 Å². The molecule has 0 unspecified atom stereocenters. The molecule has 0 aliphatic heterocycles. The Labute approximate surface area is 128 Å². The molecule has 0 bridgehead atoms. The SMILES string of the molecule is CC(C)CC1(CNCc2cccc3cc[nH]c23)CCCC1. The van der Waals surface area contributed by atoms with Crippen molar-refractivity contribution in [3.63, 3.8) is 0 Å². The summed E-state index contributed by atoms with van der Waals surface area (Å²) < 4.78 is 0. The summed E-state index contributed by atoms with van der Waals surface area (Å²) in [6.45, 7) is 6.86. The Morgan fingerprint density at radius 2 is 2.00 bits per heavy atom. The lowest BCUT2D eigenvalue weighted by Gasteiger charge is -2.31. The smallest absolute Gasteiger partial charge is 0.0499 e. The second-order valence-electron chi connectivity index (χ2n) is 7.27. The first kappa shape index (κ1) is 14.6. The van der Waals surface area contributed by atoms with Gasteiger partial charge < -0.3 is 10.3 Å². The summed E-state index contributed by atoms with van der Waals surface area (Å²) in [6, 6.07) is 8.71. The van der Waals surface area contributed by atoms with Crippen LogP contribution in [-0.4, -0.2) is 11.5 Å². The number of nitrogens with one attached hydrogen (secondary N) is 2. The van der Waals surface area contributed by atoms with E-state index in [9.17, 15) is 0 Å². The predicted octanol–water partition coefficient (Wildman–Crippen LogP) is 4.86. The van der Waals surface area contributed by atoms with Gasteiger partial charge in [0.05, 0.1) is 0 Å². The molecule has 2 heteroatoms. The standard InChI is InChI=1S/C19H28N2/c1-15(2)12-19(9-3-4-10-19)14-20-13-17-7-5-6-16-8-11-21-18(16)17/h5-8,11,15,20-21H,3-4,9-10,12-14H2,1-2H3. The molecule has 1 aliphatic carbocycles. The van der Waals surface area contributed by atoms with Crippen molar-refractivity contribution in [2.45, 2.75) is 52.5 Å². The van der Waals surface area contributed by atoms with E-state index in [-0.39, 0.29) is 0 Å². The monoisotopic (exact) mass is 284 g/mol. The average molecular weight is 284 g/mol. The molecule has 1 aromatic heterocycles. The number of aromatic amines is 1. The maximum Gasteiger partial charge on any atom is 0.0499 e. The number of para-hydroxylation sites is 1. The first-order chi connectivity index (χ1) is 10.2. The van der Waals surface area contributed by atoms with Crippen LogP contribution in [0.25, 0.3) is 10.9 Å². The Morgan fingerprint density at radius 3 is 2.76 bits per heavy atom. The van der Waals surface area contributed by atoms with Gasteiger partial charge in [-0.1, -0.05) is 44.9 Å². The lowest BCUT2D eigenvalue weighted by atomic mass is 9.78. The van der Waals surface area contributed by atoms with E-state index in [1.807, 2.05) is 6.20 Å². The summed E-state index contributed by atoms with van der Waals surface area (Å²) in [5, 5.41) is 5.06. The number of rotatable bonds is 6. The van der Waals surface area contributed by atoms with Crippen LogP contribution in [0.3, 0.4) is 0 Å². The molecule has 0 saturated heterocycles. The van der Waals surface area contributed by atoms with Gasteiger partial charge in [0.15, 0.2) is 0 Å². The molecule has 2 N–H and O–H groups in total. The highest BCUT2D eigenvalue weighted by Crippen LogP contribution is 2.42. The first-order valence-electron chi connectivity index (χ1n) is 8.44. The average Bonchev–Trinajstić information content (AvgIpc) is 3.07. The van der Waals surface area contributed by atoms with Crippen LogP contribution in [0.1, 0.15) is 51.5 Å². The molecule has 0 amide bonds. The maximum absolute atomic E-state index is 3.75. The summed E-state index contributed by atoms with van der Waals surface area (Å²) in [7, 11) is 0. The first-order valence-corrected chi connectivity index (χ1v) is 8.44. The summed E-state index contributed by atoms with van der Waals surface area (Å²) >= 11 is 0. The van der Waals surface area contributed by atoms with Crippen LogP contribution < -0.4 is 5.32 Å². The maximum atomic E-state index is 3.75. The van der Waals surface area contributed by atoms with Crippen LogP contribution in [0.15, 0.2) is 30.5 Å². The van der Waals surface area contributed by atoms with Crippen LogP contribution >= 0.6 is 0 Å². The molecule has 21 heavy (non-hydrogen) atoms. The molecule has 1 saturated carbocycles. The van der Waals surface area contributed by atoms with Gasteiger partial charge in [-0.2, -0.15) is 0 Å². The molecule has 0 spiro atoms. The summed E-state index contributed by atoms with van der Waals surface area (Å²) in [4.78, 5) is 3.37. The van der Waals surface area contributed by atoms with Crippen LogP contribution in [0.2, 0.25) is 0 Å². The number of fused-ring (bicyclic) bond motifs is 1. The summed E-state index contributed by atoms with van der Waals surface area (Å²) in [5.41, 5.74) is 3.22. The van der Waals surface area contributed by atoms with Gasteiger partial charge in [0, 0.05) is 24.8 Å². The zero-order valence-electron chi connectivity index (χ0n) is 13.4. The third-order valence-electron chi connectivity index (χ3n) is 4.99. The highest BCUT2D eigenvalue weighted by molar-refractivity contribution is 5.82. The van der Waals surface area contributed by atoms with E-state index >= 15 is 0 Å². The predicted molar refractivity (Wildman–Crippen MR) is 90.4 cm³/mol. The molecule has 1 aliphatic rings. The second kappa shape index (κ2) is 6.23. The van der Waals surface area contributed by atoms with Gasteiger partial charge in [-0.05, 0) is 47.6 Å². The molecule has 2 aromatic rings. The Hall–Kier alpha value is -1.28. The van der Waals surface area contributed by atoms with Gasteiger partial charge in [0.25, 0.3) is 0 Å². The van der Waals surface area contributed by atoms with Crippen molar-refractivity contribution in [3.05, 3.63) is 36.0 Å². The molecular formula is C19H28N2. The number of hydrogen-bond acceptors (Lipinski definition) is 1. The van der Waals surface area contributed by atoms with Crippen molar-refractivity contribution in [2.75, 3.05) is 6.54 Å². The van der Waals surface area contributed by atoms with E-state index in [1.54, 1.807) is 0 Å². The third-order valence-corrected chi connectivity index (χ3v) is 4.99. The van der Waals surface area contributed by atoms with Crippen LogP contribution in [-0.2, 0) is 6.54 Å². The van der Waals surface area contributed by atoms with Crippen molar-refractivity contribution in [1.82, 2.24) is 10.3 Å². The highest BCUT2D eigenvalue weighted by atomic mass is 14.9. The fraction of sp³-hybridized carbons (Fsp3) is 0.579.